The number of imidazole rings is 1. The van der Waals surface area contributed by atoms with Crippen LogP contribution >= 0.6 is 0 Å². The summed E-state index contributed by atoms with van der Waals surface area (Å²) in [5, 5.41) is 10.5. The Hall–Kier alpha value is -1.69. The van der Waals surface area contributed by atoms with Gasteiger partial charge in [-0.05, 0) is 17.0 Å². The topological polar surface area (TPSA) is 44.5 Å². The molecule has 5 heteroatoms. The van der Waals surface area contributed by atoms with Gasteiger partial charge < -0.3 is 9.67 Å². The van der Waals surface area contributed by atoms with E-state index in [-0.39, 0.29) is 0 Å². The number of benzene rings is 1. The largest absolute Gasteiger partial charge is 0.387 e. The number of rotatable bonds is 6. The number of aliphatic hydroxyl groups is 1. The third kappa shape index (κ3) is 4.69. The number of piperazine rings is 1. The molecule has 2 heterocycles. The third-order valence-corrected chi connectivity index (χ3v) is 5.17. The van der Waals surface area contributed by atoms with E-state index >= 15 is 0 Å². The first-order valence-corrected chi connectivity index (χ1v) is 9.21. The number of aliphatic hydroxyl groups excluding tert-OH is 1. The lowest BCUT2D eigenvalue weighted by Crippen LogP contribution is -2.47. The maximum atomic E-state index is 10.5. The van der Waals surface area contributed by atoms with E-state index in [1.807, 2.05) is 19.4 Å². The highest BCUT2D eigenvalue weighted by Crippen LogP contribution is 2.20. The van der Waals surface area contributed by atoms with Crippen molar-refractivity contribution >= 4 is 0 Å². The lowest BCUT2D eigenvalue weighted by atomic mass is 10.00. The van der Waals surface area contributed by atoms with Gasteiger partial charge >= 0.3 is 0 Å². The van der Waals surface area contributed by atoms with Crippen LogP contribution in [0.25, 0.3) is 0 Å². The molecular formula is C20H30N4O. The molecule has 0 aliphatic carbocycles. The van der Waals surface area contributed by atoms with Gasteiger partial charge in [0.15, 0.2) is 0 Å². The van der Waals surface area contributed by atoms with E-state index in [1.54, 1.807) is 0 Å². The molecule has 25 heavy (non-hydrogen) atoms. The van der Waals surface area contributed by atoms with Crippen LogP contribution in [0.4, 0.5) is 0 Å². The summed E-state index contributed by atoms with van der Waals surface area (Å²) in [6.45, 7) is 10.0. The Morgan fingerprint density at radius 2 is 1.60 bits per heavy atom. The Morgan fingerprint density at radius 1 is 1.00 bits per heavy atom. The minimum atomic E-state index is -0.415. The fourth-order valence-corrected chi connectivity index (χ4v) is 3.33. The summed E-state index contributed by atoms with van der Waals surface area (Å²) in [5.41, 5.74) is 2.33. The van der Waals surface area contributed by atoms with E-state index in [0.717, 1.165) is 44.1 Å². The van der Waals surface area contributed by atoms with Crippen LogP contribution in [0.1, 0.15) is 42.8 Å². The number of β-amino-alcohol motifs (C(OH)–C–C–N with tert-alkyl or cyclic N) is 1. The van der Waals surface area contributed by atoms with E-state index in [0.29, 0.717) is 12.5 Å². The van der Waals surface area contributed by atoms with E-state index in [4.69, 9.17) is 0 Å². The van der Waals surface area contributed by atoms with Gasteiger partial charge in [0, 0.05) is 52.2 Å². The van der Waals surface area contributed by atoms with Gasteiger partial charge in [0.05, 0.1) is 12.6 Å². The van der Waals surface area contributed by atoms with Crippen molar-refractivity contribution in [3.8, 4) is 0 Å². The fourth-order valence-electron chi connectivity index (χ4n) is 3.33. The van der Waals surface area contributed by atoms with Crippen molar-refractivity contribution in [1.82, 2.24) is 19.4 Å². The van der Waals surface area contributed by atoms with Crippen LogP contribution in [0, 0.1) is 0 Å². The highest BCUT2D eigenvalue weighted by atomic mass is 16.3. The molecule has 1 aromatic carbocycles. The van der Waals surface area contributed by atoms with Crippen LogP contribution in [-0.4, -0.2) is 57.2 Å². The zero-order chi connectivity index (χ0) is 17.8. The van der Waals surface area contributed by atoms with Gasteiger partial charge in [0.1, 0.15) is 5.82 Å². The molecule has 1 N–H and O–H groups in total. The SMILES string of the molecule is CC(C)c1ccc([C@@H](O)CN2CCN(Cc3nccn3C)CC2)cc1. The van der Waals surface area contributed by atoms with Crippen LogP contribution < -0.4 is 0 Å². The van der Waals surface area contributed by atoms with Crippen LogP contribution in [-0.2, 0) is 13.6 Å². The van der Waals surface area contributed by atoms with E-state index in [9.17, 15) is 5.11 Å². The Kier molecular flexibility index (Phi) is 5.89. The lowest BCUT2D eigenvalue weighted by Gasteiger charge is -2.35. The molecule has 1 aliphatic heterocycles. The second-order valence-electron chi connectivity index (χ2n) is 7.37. The maximum absolute atomic E-state index is 10.5. The van der Waals surface area contributed by atoms with Crippen molar-refractivity contribution in [2.24, 2.45) is 7.05 Å². The normalized spacial score (nSPS) is 18.0. The molecule has 1 fully saturated rings. The number of aryl methyl sites for hydroxylation is 1. The van der Waals surface area contributed by atoms with Gasteiger partial charge in [0.2, 0.25) is 0 Å². The van der Waals surface area contributed by atoms with Crippen molar-refractivity contribution < 1.29 is 5.11 Å². The Labute approximate surface area is 150 Å². The first-order chi connectivity index (χ1) is 12.0. The van der Waals surface area contributed by atoms with E-state index in [2.05, 4.69) is 57.5 Å². The van der Waals surface area contributed by atoms with Crippen LogP contribution in [0.15, 0.2) is 36.7 Å². The molecule has 0 saturated carbocycles. The van der Waals surface area contributed by atoms with Crippen LogP contribution in [0.2, 0.25) is 0 Å². The predicted octanol–water partition coefficient (Wildman–Crippen LogP) is 2.39. The fraction of sp³-hybridized carbons (Fsp3) is 0.550. The molecular weight excluding hydrogens is 312 g/mol. The zero-order valence-electron chi connectivity index (χ0n) is 15.6. The first kappa shape index (κ1) is 18.1. The smallest absolute Gasteiger partial charge is 0.122 e. The van der Waals surface area contributed by atoms with Crippen LogP contribution in [0.3, 0.4) is 0 Å². The molecule has 0 spiro atoms. The summed E-state index contributed by atoms with van der Waals surface area (Å²) in [6.07, 6.45) is 3.43. The van der Waals surface area contributed by atoms with E-state index in [1.165, 1.54) is 5.56 Å². The Bertz CT molecular complexity index is 657. The van der Waals surface area contributed by atoms with Crippen molar-refractivity contribution in [3.63, 3.8) is 0 Å². The minimum Gasteiger partial charge on any atom is -0.387 e. The van der Waals surface area contributed by atoms with Gasteiger partial charge in [-0.2, -0.15) is 0 Å². The molecule has 1 saturated heterocycles. The lowest BCUT2D eigenvalue weighted by molar-refractivity contribution is 0.0689. The molecule has 0 bridgehead atoms. The molecule has 0 amide bonds. The number of aromatic nitrogens is 2. The molecule has 1 aromatic heterocycles. The van der Waals surface area contributed by atoms with Gasteiger partial charge in [0.25, 0.3) is 0 Å². The van der Waals surface area contributed by atoms with Crippen molar-refractivity contribution in [3.05, 3.63) is 53.6 Å². The predicted molar refractivity (Wildman–Crippen MR) is 100 cm³/mol. The Balaban J connectivity index is 1.47. The van der Waals surface area contributed by atoms with Gasteiger partial charge in [-0.15, -0.1) is 0 Å². The molecule has 5 nitrogen and oxygen atoms in total. The zero-order valence-corrected chi connectivity index (χ0v) is 15.6. The molecule has 3 rings (SSSR count). The molecule has 0 unspecified atom stereocenters. The monoisotopic (exact) mass is 342 g/mol. The quantitative estimate of drug-likeness (QED) is 0.875. The molecule has 1 aliphatic rings. The number of hydrogen-bond acceptors (Lipinski definition) is 4. The highest BCUT2D eigenvalue weighted by molar-refractivity contribution is 5.26. The summed E-state index contributed by atoms with van der Waals surface area (Å²) in [4.78, 5) is 9.19. The number of nitrogens with zero attached hydrogens (tertiary/aromatic N) is 4. The summed E-state index contributed by atoms with van der Waals surface area (Å²) in [7, 11) is 2.04. The molecule has 2 aromatic rings. The Morgan fingerprint density at radius 3 is 2.16 bits per heavy atom. The van der Waals surface area contributed by atoms with Crippen molar-refractivity contribution in [2.45, 2.75) is 32.4 Å². The average Bonchev–Trinajstić information content (AvgIpc) is 3.01. The van der Waals surface area contributed by atoms with Crippen molar-refractivity contribution in [1.29, 1.82) is 0 Å². The first-order valence-electron chi connectivity index (χ1n) is 9.21. The molecule has 0 radical (unpaired) electrons. The van der Waals surface area contributed by atoms with Crippen LogP contribution in [0.5, 0.6) is 0 Å². The van der Waals surface area contributed by atoms with Crippen molar-refractivity contribution in [2.75, 3.05) is 32.7 Å². The third-order valence-electron chi connectivity index (χ3n) is 5.17. The second-order valence-corrected chi connectivity index (χ2v) is 7.37. The highest BCUT2D eigenvalue weighted by Gasteiger charge is 2.20. The maximum Gasteiger partial charge on any atom is 0.122 e. The second kappa shape index (κ2) is 8.13. The van der Waals surface area contributed by atoms with Gasteiger partial charge in [-0.3, -0.25) is 9.80 Å². The average molecular weight is 342 g/mol. The summed E-state index contributed by atoms with van der Waals surface area (Å²) in [5.74, 6) is 1.64. The number of hydrogen-bond donors (Lipinski definition) is 1. The van der Waals surface area contributed by atoms with E-state index < -0.39 is 6.10 Å². The summed E-state index contributed by atoms with van der Waals surface area (Å²) < 4.78 is 2.08. The van der Waals surface area contributed by atoms with Gasteiger partial charge in [-0.1, -0.05) is 38.1 Å². The molecule has 1 atom stereocenters. The summed E-state index contributed by atoms with van der Waals surface area (Å²) in [6, 6.07) is 8.40. The van der Waals surface area contributed by atoms with Gasteiger partial charge in [-0.25, -0.2) is 4.98 Å². The molecule has 136 valence electrons. The minimum absolute atomic E-state index is 0.415. The summed E-state index contributed by atoms with van der Waals surface area (Å²) >= 11 is 0. The standard InChI is InChI=1S/C20H30N4O/c1-16(2)17-4-6-18(7-5-17)19(25)14-23-10-12-24(13-11-23)15-20-21-8-9-22(20)3/h4-9,16,19,25H,10-15H2,1-3H3/t19-/m0/s1.